The van der Waals surface area contributed by atoms with Crippen LogP contribution in [0.1, 0.15) is 26.3 Å². The smallest absolute Gasteiger partial charge is 0.211 e. The van der Waals surface area contributed by atoms with Gasteiger partial charge in [0, 0.05) is 29.1 Å². The predicted molar refractivity (Wildman–Crippen MR) is 78.7 cm³/mol. The molecule has 0 radical (unpaired) electrons. The molecule has 0 aliphatic heterocycles. The van der Waals surface area contributed by atoms with E-state index in [4.69, 9.17) is 0 Å². The van der Waals surface area contributed by atoms with Crippen LogP contribution >= 0.6 is 0 Å². The lowest BCUT2D eigenvalue weighted by molar-refractivity contribution is 0.505. The Kier molecular flexibility index (Phi) is 3.88. The van der Waals surface area contributed by atoms with Gasteiger partial charge in [-0.3, -0.25) is 0 Å². The van der Waals surface area contributed by atoms with Gasteiger partial charge in [-0.2, -0.15) is 0 Å². The number of rotatable bonds is 5. The summed E-state index contributed by atoms with van der Waals surface area (Å²) in [4.78, 5) is 3.09. The zero-order chi connectivity index (χ0) is 15.0. The van der Waals surface area contributed by atoms with Crippen molar-refractivity contribution in [2.45, 2.75) is 26.2 Å². The molecule has 0 aliphatic carbocycles. The van der Waals surface area contributed by atoms with E-state index in [9.17, 15) is 12.8 Å². The van der Waals surface area contributed by atoms with E-state index in [-0.39, 0.29) is 18.1 Å². The van der Waals surface area contributed by atoms with Crippen molar-refractivity contribution < 1.29 is 12.8 Å². The second-order valence-electron chi connectivity index (χ2n) is 5.50. The number of fused-ring (bicyclic) bond motifs is 1. The summed E-state index contributed by atoms with van der Waals surface area (Å²) in [5, 5.41) is 0.783. The number of halogens is 1. The van der Waals surface area contributed by atoms with Gasteiger partial charge in [-0.05, 0) is 30.7 Å². The molecule has 6 heteroatoms. The number of aromatic nitrogens is 1. The van der Waals surface area contributed by atoms with Crippen molar-refractivity contribution >= 4 is 20.9 Å². The number of aromatic amines is 1. The molecule has 0 aliphatic rings. The number of nitrogens with one attached hydrogen (secondary N) is 2. The minimum atomic E-state index is -3.24. The lowest BCUT2D eigenvalue weighted by atomic mass is 9.85. The zero-order valence-electron chi connectivity index (χ0n) is 11.8. The highest BCUT2D eigenvalue weighted by molar-refractivity contribution is 7.89. The molecule has 0 fully saturated rings. The zero-order valence-corrected chi connectivity index (χ0v) is 12.6. The van der Waals surface area contributed by atoms with E-state index in [2.05, 4.69) is 9.71 Å². The van der Waals surface area contributed by atoms with Crippen LogP contribution in [0, 0.1) is 5.82 Å². The molecule has 0 spiro atoms. The van der Waals surface area contributed by atoms with Crippen LogP contribution in [0.2, 0.25) is 0 Å². The average Bonchev–Trinajstić information content (AvgIpc) is 2.80. The van der Waals surface area contributed by atoms with E-state index in [1.54, 1.807) is 13.0 Å². The molecule has 1 heterocycles. The molecular formula is C14H19FN2O2S. The van der Waals surface area contributed by atoms with Gasteiger partial charge in [-0.1, -0.05) is 13.8 Å². The standard InChI is InChI=1S/C14H19FN2O2S/c1-4-20(18,19)17-9-14(2,3)12-8-16-13-6-5-10(15)7-11(12)13/h5-8,16-17H,4,9H2,1-3H3. The molecule has 0 bridgehead atoms. The Morgan fingerprint density at radius 1 is 1.35 bits per heavy atom. The van der Waals surface area contributed by atoms with Gasteiger partial charge >= 0.3 is 0 Å². The van der Waals surface area contributed by atoms with Crippen molar-refractivity contribution in [3.63, 3.8) is 0 Å². The van der Waals surface area contributed by atoms with Crippen molar-refractivity contribution in [2.75, 3.05) is 12.3 Å². The maximum atomic E-state index is 13.4. The van der Waals surface area contributed by atoms with Crippen molar-refractivity contribution in [3.05, 3.63) is 35.8 Å². The molecule has 110 valence electrons. The van der Waals surface area contributed by atoms with E-state index in [0.717, 1.165) is 16.5 Å². The number of benzene rings is 1. The molecule has 20 heavy (non-hydrogen) atoms. The second kappa shape index (κ2) is 5.18. The third-order valence-electron chi connectivity index (χ3n) is 3.49. The summed E-state index contributed by atoms with van der Waals surface area (Å²) in [6, 6.07) is 4.55. The van der Waals surface area contributed by atoms with Gasteiger partial charge in [0.05, 0.1) is 5.75 Å². The highest BCUT2D eigenvalue weighted by Gasteiger charge is 2.25. The molecule has 1 aromatic heterocycles. The van der Waals surface area contributed by atoms with Crippen LogP contribution in [-0.2, 0) is 15.4 Å². The molecule has 4 nitrogen and oxygen atoms in total. The van der Waals surface area contributed by atoms with E-state index in [0.29, 0.717) is 0 Å². The van der Waals surface area contributed by atoms with Crippen LogP contribution in [-0.4, -0.2) is 25.7 Å². The summed E-state index contributed by atoms with van der Waals surface area (Å²) < 4.78 is 39.1. The summed E-state index contributed by atoms with van der Waals surface area (Å²) in [5.74, 6) is -0.255. The number of hydrogen-bond acceptors (Lipinski definition) is 2. The Morgan fingerprint density at radius 2 is 2.05 bits per heavy atom. The summed E-state index contributed by atoms with van der Waals surface area (Å²) >= 11 is 0. The second-order valence-corrected chi connectivity index (χ2v) is 7.60. The highest BCUT2D eigenvalue weighted by atomic mass is 32.2. The quantitative estimate of drug-likeness (QED) is 0.891. The Bertz CT molecular complexity index is 720. The Labute approximate surface area is 118 Å². The minimum absolute atomic E-state index is 0.0472. The Balaban J connectivity index is 2.34. The molecule has 1 aromatic carbocycles. The van der Waals surface area contributed by atoms with Gasteiger partial charge in [-0.15, -0.1) is 0 Å². The Morgan fingerprint density at radius 3 is 2.70 bits per heavy atom. The first kappa shape index (κ1) is 15.0. The summed E-state index contributed by atoms with van der Waals surface area (Å²) in [5.41, 5.74) is 1.30. The van der Waals surface area contributed by atoms with Gasteiger partial charge < -0.3 is 4.98 Å². The van der Waals surface area contributed by atoms with E-state index in [1.165, 1.54) is 12.1 Å². The third kappa shape index (κ3) is 3.02. The first-order valence-electron chi connectivity index (χ1n) is 6.49. The van der Waals surface area contributed by atoms with Crippen LogP contribution in [0.25, 0.3) is 10.9 Å². The minimum Gasteiger partial charge on any atom is -0.361 e. The first-order chi connectivity index (χ1) is 9.25. The summed E-state index contributed by atoms with van der Waals surface area (Å²) in [7, 11) is -3.24. The fourth-order valence-electron chi connectivity index (χ4n) is 2.14. The molecule has 0 atom stereocenters. The molecular weight excluding hydrogens is 279 g/mol. The third-order valence-corrected chi connectivity index (χ3v) is 4.83. The number of H-pyrrole nitrogens is 1. The van der Waals surface area contributed by atoms with Gasteiger partial charge in [0.1, 0.15) is 5.82 Å². The van der Waals surface area contributed by atoms with Crippen LogP contribution in [0.15, 0.2) is 24.4 Å². The van der Waals surface area contributed by atoms with Gasteiger partial charge in [0.2, 0.25) is 10.0 Å². The SMILES string of the molecule is CCS(=O)(=O)NCC(C)(C)c1c[nH]c2ccc(F)cc12. The average molecular weight is 298 g/mol. The fraction of sp³-hybridized carbons (Fsp3) is 0.429. The lowest BCUT2D eigenvalue weighted by Crippen LogP contribution is -2.37. The molecule has 0 unspecified atom stereocenters. The summed E-state index contributed by atoms with van der Waals surface area (Å²) in [6.07, 6.45) is 1.81. The monoisotopic (exact) mass is 298 g/mol. The van der Waals surface area contributed by atoms with Crippen LogP contribution < -0.4 is 4.72 Å². The van der Waals surface area contributed by atoms with E-state index >= 15 is 0 Å². The Hall–Kier alpha value is -1.40. The van der Waals surface area contributed by atoms with E-state index < -0.39 is 15.4 Å². The number of sulfonamides is 1. The van der Waals surface area contributed by atoms with Gasteiger partial charge in [0.15, 0.2) is 0 Å². The van der Waals surface area contributed by atoms with Crippen molar-refractivity contribution in [2.24, 2.45) is 0 Å². The van der Waals surface area contributed by atoms with Gasteiger partial charge in [-0.25, -0.2) is 17.5 Å². The van der Waals surface area contributed by atoms with Crippen LogP contribution in [0.5, 0.6) is 0 Å². The molecule has 0 saturated carbocycles. The normalized spacial score (nSPS) is 13.0. The highest BCUT2D eigenvalue weighted by Crippen LogP contribution is 2.30. The van der Waals surface area contributed by atoms with Gasteiger partial charge in [0.25, 0.3) is 0 Å². The molecule has 2 rings (SSSR count). The maximum Gasteiger partial charge on any atom is 0.211 e. The topological polar surface area (TPSA) is 62.0 Å². The van der Waals surface area contributed by atoms with Crippen LogP contribution in [0.3, 0.4) is 0 Å². The maximum absolute atomic E-state index is 13.4. The first-order valence-corrected chi connectivity index (χ1v) is 8.15. The molecule has 0 saturated heterocycles. The van der Waals surface area contributed by atoms with Crippen molar-refractivity contribution in [1.82, 2.24) is 9.71 Å². The van der Waals surface area contributed by atoms with Crippen LogP contribution in [0.4, 0.5) is 4.39 Å². The number of hydrogen-bond donors (Lipinski definition) is 2. The predicted octanol–water partition coefficient (Wildman–Crippen LogP) is 2.52. The summed E-state index contributed by atoms with van der Waals surface area (Å²) in [6.45, 7) is 5.72. The molecule has 2 aromatic rings. The fourth-order valence-corrected chi connectivity index (χ4v) is 2.93. The molecule has 2 N–H and O–H groups in total. The lowest BCUT2D eigenvalue weighted by Gasteiger charge is -2.24. The van der Waals surface area contributed by atoms with Crippen molar-refractivity contribution in [3.8, 4) is 0 Å². The van der Waals surface area contributed by atoms with E-state index in [1.807, 2.05) is 20.0 Å². The molecule has 0 amide bonds. The largest absolute Gasteiger partial charge is 0.361 e. The van der Waals surface area contributed by atoms with Crippen molar-refractivity contribution in [1.29, 1.82) is 0 Å².